The lowest BCUT2D eigenvalue weighted by atomic mass is 9.82. The van der Waals surface area contributed by atoms with Gasteiger partial charge in [-0.1, -0.05) is 29.5 Å². The molecule has 76 valence electrons. The summed E-state index contributed by atoms with van der Waals surface area (Å²) >= 11 is 2.42. The first-order valence-electron chi connectivity index (χ1n) is 5.08. The molecular weight excluding hydrogens is 279 g/mol. The molecule has 0 aliphatic carbocycles. The highest BCUT2D eigenvalue weighted by Crippen LogP contribution is 2.41. The van der Waals surface area contributed by atoms with Crippen LogP contribution in [0.15, 0.2) is 0 Å². The normalized spacial score (nSPS) is 45.7. The van der Waals surface area contributed by atoms with Gasteiger partial charge in [-0.15, -0.1) is 0 Å². The third-order valence-corrected chi connectivity index (χ3v) is 4.38. The van der Waals surface area contributed by atoms with Gasteiger partial charge in [0, 0.05) is 23.4 Å². The van der Waals surface area contributed by atoms with E-state index in [1.165, 1.54) is 12.8 Å². The van der Waals surface area contributed by atoms with Crippen molar-refractivity contribution in [2.75, 3.05) is 17.6 Å². The Labute approximate surface area is 93.5 Å². The van der Waals surface area contributed by atoms with E-state index in [2.05, 4.69) is 29.5 Å². The Hall–Kier alpha value is 0.650. The fourth-order valence-electron chi connectivity index (χ4n) is 2.41. The summed E-state index contributed by atoms with van der Waals surface area (Å²) in [6.45, 7) is 4.03. The van der Waals surface area contributed by atoms with Gasteiger partial charge in [0.15, 0.2) is 0 Å². The standard InChI is InChI=1S/C10H17IO2/c1-8-7-12-5-4-10(8)3-2-9(6-11)13-10/h8-9H,2-7H2,1H3. The fourth-order valence-corrected chi connectivity index (χ4v) is 3.03. The first kappa shape index (κ1) is 10.2. The third kappa shape index (κ3) is 1.88. The van der Waals surface area contributed by atoms with E-state index >= 15 is 0 Å². The molecule has 2 saturated heterocycles. The van der Waals surface area contributed by atoms with Gasteiger partial charge in [-0.05, 0) is 12.8 Å². The second kappa shape index (κ2) is 4.03. The molecule has 2 nitrogen and oxygen atoms in total. The van der Waals surface area contributed by atoms with Crippen molar-refractivity contribution in [1.29, 1.82) is 0 Å². The Morgan fingerprint density at radius 2 is 2.31 bits per heavy atom. The van der Waals surface area contributed by atoms with Crippen LogP contribution in [0.25, 0.3) is 0 Å². The van der Waals surface area contributed by atoms with E-state index in [9.17, 15) is 0 Å². The Bertz CT molecular complexity index is 186. The lowest BCUT2D eigenvalue weighted by Gasteiger charge is -2.39. The predicted molar refractivity (Wildman–Crippen MR) is 60.3 cm³/mol. The van der Waals surface area contributed by atoms with Crippen molar-refractivity contribution in [2.45, 2.75) is 37.9 Å². The summed E-state index contributed by atoms with van der Waals surface area (Å²) in [6, 6.07) is 0. The summed E-state index contributed by atoms with van der Waals surface area (Å²) in [4.78, 5) is 0. The van der Waals surface area contributed by atoms with Crippen LogP contribution in [0.3, 0.4) is 0 Å². The van der Waals surface area contributed by atoms with Gasteiger partial charge in [-0.3, -0.25) is 0 Å². The second-order valence-corrected chi connectivity index (χ2v) is 5.10. The molecule has 3 atom stereocenters. The Balaban J connectivity index is 2.03. The number of ether oxygens (including phenoxy) is 2. The third-order valence-electron chi connectivity index (χ3n) is 3.40. The fraction of sp³-hybridized carbons (Fsp3) is 1.00. The smallest absolute Gasteiger partial charge is 0.0756 e. The number of hydrogen-bond donors (Lipinski definition) is 0. The van der Waals surface area contributed by atoms with E-state index < -0.39 is 0 Å². The van der Waals surface area contributed by atoms with Crippen LogP contribution in [0.4, 0.5) is 0 Å². The molecule has 2 aliphatic rings. The molecular formula is C10H17IO2. The van der Waals surface area contributed by atoms with Crippen LogP contribution in [0, 0.1) is 5.92 Å². The average molecular weight is 296 g/mol. The summed E-state index contributed by atoms with van der Waals surface area (Å²) in [5.74, 6) is 0.578. The van der Waals surface area contributed by atoms with Crippen LogP contribution in [-0.2, 0) is 9.47 Å². The Kier molecular flexibility index (Phi) is 3.15. The van der Waals surface area contributed by atoms with Crippen molar-refractivity contribution in [1.82, 2.24) is 0 Å². The zero-order valence-electron chi connectivity index (χ0n) is 8.09. The Morgan fingerprint density at radius 3 is 2.92 bits per heavy atom. The van der Waals surface area contributed by atoms with Crippen molar-refractivity contribution in [3.8, 4) is 0 Å². The molecule has 0 aromatic heterocycles. The van der Waals surface area contributed by atoms with Gasteiger partial charge < -0.3 is 9.47 Å². The molecule has 0 bridgehead atoms. The lowest BCUT2D eigenvalue weighted by molar-refractivity contribution is -0.133. The van der Waals surface area contributed by atoms with Crippen molar-refractivity contribution in [2.24, 2.45) is 5.92 Å². The molecule has 2 heterocycles. The zero-order chi connectivity index (χ0) is 9.31. The van der Waals surface area contributed by atoms with Crippen LogP contribution in [0.2, 0.25) is 0 Å². The summed E-state index contributed by atoms with van der Waals surface area (Å²) in [7, 11) is 0. The van der Waals surface area contributed by atoms with E-state index in [1.54, 1.807) is 0 Å². The maximum absolute atomic E-state index is 6.16. The van der Waals surface area contributed by atoms with Gasteiger partial charge in [0.05, 0.1) is 18.3 Å². The van der Waals surface area contributed by atoms with Crippen LogP contribution >= 0.6 is 22.6 Å². The van der Waals surface area contributed by atoms with Crippen LogP contribution < -0.4 is 0 Å². The van der Waals surface area contributed by atoms with E-state index in [-0.39, 0.29) is 5.60 Å². The quantitative estimate of drug-likeness (QED) is 0.546. The highest BCUT2D eigenvalue weighted by Gasteiger charge is 2.45. The molecule has 13 heavy (non-hydrogen) atoms. The minimum atomic E-state index is 0.175. The molecule has 0 N–H and O–H groups in total. The number of rotatable bonds is 1. The molecule has 2 fully saturated rings. The summed E-state index contributed by atoms with van der Waals surface area (Å²) < 4.78 is 12.8. The molecule has 3 heteroatoms. The van der Waals surface area contributed by atoms with Crippen LogP contribution in [-0.4, -0.2) is 29.3 Å². The molecule has 0 aromatic rings. The summed E-state index contributed by atoms with van der Waals surface area (Å²) in [5.41, 5.74) is 0.175. The highest BCUT2D eigenvalue weighted by atomic mass is 127. The maximum atomic E-state index is 6.16. The topological polar surface area (TPSA) is 18.5 Å². The molecule has 2 aliphatic heterocycles. The average Bonchev–Trinajstić information content (AvgIpc) is 2.56. The molecule has 3 unspecified atom stereocenters. The second-order valence-electron chi connectivity index (χ2n) is 4.22. The maximum Gasteiger partial charge on any atom is 0.0756 e. The van der Waals surface area contributed by atoms with E-state index in [0.717, 1.165) is 24.1 Å². The van der Waals surface area contributed by atoms with E-state index in [1.807, 2.05) is 0 Å². The highest BCUT2D eigenvalue weighted by molar-refractivity contribution is 14.1. The van der Waals surface area contributed by atoms with Gasteiger partial charge in [0.2, 0.25) is 0 Å². The zero-order valence-corrected chi connectivity index (χ0v) is 10.2. The van der Waals surface area contributed by atoms with Crippen molar-refractivity contribution >= 4 is 22.6 Å². The molecule has 0 aromatic carbocycles. The van der Waals surface area contributed by atoms with Gasteiger partial charge >= 0.3 is 0 Å². The van der Waals surface area contributed by atoms with Gasteiger partial charge in [-0.2, -0.15) is 0 Å². The van der Waals surface area contributed by atoms with E-state index in [0.29, 0.717) is 12.0 Å². The minimum absolute atomic E-state index is 0.175. The monoisotopic (exact) mass is 296 g/mol. The van der Waals surface area contributed by atoms with Gasteiger partial charge in [0.1, 0.15) is 0 Å². The molecule has 2 rings (SSSR count). The molecule has 1 spiro atoms. The van der Waals surface area contributed by atoms with Crippen LogP contribution in [0.5, 0.6) is 0 Å². The van der Waals surface area contributed by atoms with Crippen LogP contribution in [0.1, 0.15) is 26.2 Å². The minimum Gasteiger partial charge on any atom is -0.381 e. The summed E-state index contributed by atoms with van der Waals surface area (Å²) in [5, 5.41) is 0. The van der Waals surface area contributed by atoms with Crippen molar-refractivity contribution < 1.29 is 9.47 Å². The lowest BCUT2D eigenvalue weighted by Crippen LogP contribution is -2.44. The van der Waals surface area contributed by atoms with E-state index in [4.69, 9.17) is 9.47 Å². The van der Waals surface area contributed by atoms with Gasteiger partial charge in [-0.25, -0.2) is 0 Å². The molecule has 0 amide bonds. The van der Waals surface area contributed by atoms with Gasteiger partial charge in [0.25, 0.3) is 0 Å². The Morgan fingerprint density at radius 1 is 1.46 bits per heavy atom. The first-order valence-corrected chi connectivity index (χ1v) is 6.61. The van der Waals surface area contributed by atoms with Crippen molar-refractivity contribution in [3.63, 3.8) is 0 Å². The number of alkyl halides is 1. The summed E-state index contributed by atoms with van der Waals surface area (Å²) in [6.07, 6.45) is 4.08. The first-order chi connectivity index (χ1) is 6.27. The number of hydrogen-bond acceptors (Lipinski definition) is 2. The molecule has 0 radical (unpaired) electrons. The van der Waals surface area contributed by atoms with Crippen molar-refractivity contribution in [3.05, 3.63) is 0 Å². The molecule has 0 saturated carbocycles. The largest absolute Gasteiger partial charge is 0.381 e. The number of halogens is 1. The predicted octanol–water partition coefficient (Wildman–Crippen LogP) is 2.40. The SMILES string of the molecule is CC1COCCC12CCC(CI)O2.